The topological polar surface area (TPSA) is 108 Å². The summed E-state index contributed by atoms with van der Waals surface area (Å²) < 4.78 is 30.2. The molecule has 0 saturated heterocycles. The number of nitrogens with one attached hydrogen (secondary N) is 2. The van der Waals surface area contributed by atoms with Crippen molar-refractivity contribution in [3.05, 3.63) is 63.3 Å². The van der Waals surface area contributed by atoms with E-state index in [1.54, 1.807) is 12.1 Å². The molecule has 1 heterocycles. The van der Waals surface area contributed by atoms with Crippen molar-refractivity contribution in [1.82, 2.24) is 10.3 Å². The highest BCUT2D eigenvalue weighted by Crippen LogP contribution is 2.27. The highest BCUT2D eigenvalue weighted by molar-refractivity contribution is 7.91. The molecule has 7 nitrogen and oxygen atoms in total. The molecule has 0 unspecified atom stereocenters. The first-order chi connectivity index (χ1) is 13.9. The van der Waals surface area contributed by atoms with Crippen molar-refractivity contribution in [3.8, 4) is 5.75 Å². The van der Waals surface area contributed by atoms with Gasteiger partial charge in [0.25, 0.3) is 0 Å². The Morgan fingerprint density at radius 2 is 1.86 bits per heavy atom. The first kappa shape index (κ1) is 21.5. The second-order valence-corrected chi connectivity index (χ2v) is 9.79. The molecule has 0 saturated carbocycles. The number of ether oxygens (including phenoxy) is 1. The Hall–Kier alpha value is -2.20. The zero-order chi connectivity index (χ0) is 20.7. The molecule has 156 valence electrons. The van der Waals surface area contributed by atoms with Crippen LogP contribution in [0.1, 0.15) is 11.1 Å². The number of rotatable bonds is 11. The van der Waals surface area contributed by atoms with E-state index in [0.29, 0.717) is 38.1 Å². The van der Waals surface area contributed by atoms with Crippen LogP contribution in [0.3, 0.4) is 0 Å². The molecule has 3 rings (SSSR count). The van der Waals surface area contributed by atoms with Gasteiger partial charge < -0.3 is 20.1 Å². The number of H-pyrrole nitrogens is 1. The molecule has 0 bridgehead atoms. The Bertz CT molecular complexity index is 1090. The Morgan fingerprint density at radius 3 is 2.66 bits per heavy atom. The van der Waals surface area contributed by atoms with Crippen LogP contribution in [0.15, 0.2) is 47.3 Å². The van der Waals surface area contributed by atoms with Gasteiger partial charge in [-0.2, -0.15) is 0 Å². The van der Waals surface area contributed by atoms with Gasteiger partial charge in [-0.15, -0.1) is 0 Å². The van der Waals surface area contributed by atoms with E-state index < -0.39 is 9.84 Å². The zero-order valence-electron chi connectivity index (χ0n) is 15.9. The number of aromatic hydroxyl groups is 1. The number of hydrogen-bond donors (Lipinski definition) is 3. The summed E-state index contributed by atoms with van der Waals surface area (Å²) in [7, 11) is -3.28. The maximum atomic E-state index is 12.1. The van der Waals surface area contributed by atoms with Crippen LogP contribution in [0.4, 0.5) is 0 Å². The van der Waals surface area contributed by atoms with Crippen LogP contribution in [0.2, 0.25) is 0 Å². The molecular formula is C20H24N2O5S2. The van der Waals surface area contributed by atoms with Gasteiger partial charge in [0, 0.05) is 6.54 Å². The summed E-state index contributed by atoms with van der Waals surface area (Å²) in [6, 6.07) is 13.1. The molecule has 3 aromatic rings. The monoisotopic (exact) mass is 436 g/mol. The molecule has 2 aromatic carbocycles. The van der Waals surface area contributed by atoms with Gasteiger partial charge in [-0.1, -0.05) is 47.7 Å². The minimum absolute atomic E-state index is 0.000807. The van der Waals surface area contributed by atoms with E-state index in [4.69, 9.17) is 4.74 Å². The quantitative estimate of drug-likeness (QED) is 0.397. The van der Waals surface area contributed by atoms with E-state index in [0.717, 1.165) is 27.2 Å². The summed E-state index contributed by atoms with van der Waals surface area (Å²) >= 11 is 1.06. The number of benzene rings is 2. The van der Waals surface area contributed by atoms with Crippen LogP contribution in [-0.2, 0) is 27.4 Å². The van der Waals surface area contributed by atoms with Gasteiger partial charge in [-0.25, -0.2) is 8.42 Å². The lowest BCUT2D eigenvalue weighted by Crippen LogP contribution is -2.27. The third kappa shape index (κ3) is 6.40. The predicted octanol–water partition coefficient (Wildman–Crippen LogP) is 2.06. The molecule has 0 aliphatic rings. The van der Waals surface area contributed by atoms with Gasteiger partial charge in [0.05, 0.1) is 17.1 Å². The lowest BCUT2D eigenvalue weighted by Gasteiger charge is -2.08. The lowest BCUT2D eigenvalue weighted by atomic mass is 10.1. The minimum atomic E-state index is -3.28. The molecule has 0 aliphatic carbocycles. The van der Waals surface area contributed by atoms with Crippen molar-refractivity contribution in [1.29, 1.82) is 0 Å². The maximum Gasteiger partial charge on any atom is 0.305 e. The standard InChI is InChI=1S/C20H24N2O5S2/c23-17-7-6-16(19-18(17)22-20(24)28-19)8-10-21-11-13-29(25,26)14-27-12-9-15-4-2-1-3-5-15/h1-7,21,23H,8-14H2,(H,22,24). The van der Waals surface area contributed by atoms with Crippen molar-refractivity contribution in [3.63, 3.8) is 0 Å². The molecule has 0 fully saturated rings. The molecule has 1 aromatic heterocycles. The highest BCUT2D eigenvalue weighted by Gasteiger charge is 2.12. The van der Waals surface area contributed by atoms with Crippen molar-refractivity contribution in [2.24, 2.45) is 0 Å². The van der Waals surface area contributed by atoms with Crippen molar-refractivity contribution in [2.75, 3.05) is 31.4 Å². The average molecular weight is 437 g/mol. The van der Waals surface area contributed by atoms with Gasteiger partial charge in [-0.05, 0) is 36.6 Å². The Kier molecular flexibility index (Phi) is 7.43. The van der Waals surface area contributed by atoms with E-state index >= 15 is 0 Å². The van der Waals surface area contributed by atoms with E-state index in [-0.39, 0.29) is 22.3 Å². The largest absolute Gasteiger partial charge is 0.506 e. The van der Waals surface area contributed by atoms with E-state index in [1.165, 1.54) is 0 Å². The third-order valence-corrected chi connectivity index (χ3v) is 6.75. The predicted molar refractivity (Wildman–Crippen MR) is 115 cm³/mol. The Morgan fingerprint density at radius 1 is 1.07 bits per heavy atom. The van der Waals surface area contributed by atoms with E-state index in [1.807, 2.05) is 30.3 Å². The second kappa shape index (κ2) is 10.0. The number of phenolic OH excluding ortho intramolecular Hbond substituents is 1. The summed E-state index contributed by atoms with van der Waals surface area (Å²) in [6.45, 7) is 1.26. The first-order valence-electron chi connectivity index (χ1n) is 9.31. The fraction of sp³-hybridized carbons (Fsp3) is 0.350. The molecular weight excluding hydrogens is 412 g/mol. The highest BCUT2D eigenvalue weighted by atomic mass is 32.2. The molecule has 0 amide bonds. The molecule has 0 spiro atoms. The second-order valence-electron chi connectivity index (χ2n) is 6.67. The van der Waals surface area contributed by atoms with Crippen LogP contribution in [0.5, 0.6) is 5.75 Å². The maximum absolute atomic E-state index is 12.1. The molecule has 29 heavy (non-hydrogen) atoms. The van der Waals surface area contributed by atoms with Crippen LogP contribution in [0, 0.1) is 0 Å². The summed E-state index contributed by atoms with van der Waals surface area (Å²) in [5, 5.41) is 12.9. The minimum Gasteiger partial charge on any atom is -0.506 e. The summed E-state index contributed by atoms with van der Waals surface area (Å²) in [5.74, 6) is -0.230. The average Bonchev–Trinajstić information content (AvgIpc) is 3.10. The van der Waals surface area contributed by atoms with Gasteiger partial charge in [0.2, 0.25) is 0 Å². The first-order valence-corrected chi connectivity index (χ1v) is 11.9. The smallest absolute Gasteiger partial charge is 0.305 e. The van der Waals surface area contributed by atoms with Gasteiger partial charge in [0.15, 0.2) is 9.84 Å². The Balaban J connectivity index is 1.36. The fourth-order valence-electron chi connectivity index (χ4n) is 2.93. The van der Waals surface area contributed by atoms with Gasteiger partial charge in [0.1, 0.15) is 17.2 Å². The number of thiazole rings is 1. The van der Waals surface area contributed by atoms with Crippen LogP contribution < -0.4 is 10.2 Å². The lowest BCUT2D eigenvalue weighted by molar-refractivity contribution is 0.180. The third-order valence-electron chi connectivity index (χ3n) is 4.44. The number of aromatic nitrogens is 1. The fourth-order valence-corrected chi connectivity index (χ4v) is 4.77. The SMILES string of the molecule is O=c1[nH]c2c(O)ccc(CCNCCS(=O)(=O)COCCc3ccccc3)c2s1. The molecule has 9 heteroatoms. The van der Waals surface area contributed by atoms with Crippen molar-refractivity contribution in [2.45, 2.75) is 12.8 Å². The zero-order valence-corrected chi connectivity index (χ0v) is 17.5. The molecule has 0 radical (unpaired) electrons. The Labute approximate surface area is 173 Å². The molecule has 3 N–H and O–H groups in total. The summed E-state index contributed by atoms with van der Waals surface area (Å²) in [5.41, 5.74) is 2.50. The number of sulfone groups is 1. The number of aromatic amines is 1. The number of fused-ring (bicyclic) bond motifs is 1. The van der Waals surface area contributed by atoms with Crippen LogP contribution in [-0.4, -0.2) is 49.9 Å². The van der Waals surface area contributed by atoms with Crippen LogP contribution in [0.25, 0.3) is 10.2 Å². The van der Waals surface area contributed by atoms with E-state index in [9.17, 15) is 18.3 Å². The molecule has 0 aliphatic heterocycles. The number of hydrogen-bond acceptors (Lipinski definition) is 7. The van der Waals surface area contributed by atoms with Gasteiger partial charge in [-0.3, -0.25) is 4.79 Å². The number of phenols is 1. The molecule has 0 atom stereocenters. The van der Waals surface area contributed by atoms with Crippen molar-refractivity contribution < 1.29 is 18.3 Å². The normalized spacial score (nSPS) is 11.9. The van der Waals surface area contributed by atoms with Crippen molar-refractivity contribution >= 4 is 31.4 Å². The summed E-state index contributed by atoms with van der Waals surface area (Å²) in [6.07, 6.45) is 1.30. The van der Waals surface area contributed by atoms with Gasteiger partial charge >= 0.3 is 4.87 Å². The van der Waals surface area contributed by atoms with Crippen LogP contribution >= 0.6 is 11.3 Å². The summed E-state index contributed by atoms with van der Waals surface area (Å²) in [4.78, 5) is 13.9. The van der Waals surface area contributed by atoms with E-state index in [2.05, 4.69) is 10.3 Å².